The minimum Gasteiger partial charge on any atom is -0.352 e. The summed E-state index contributed by atoms with van der Waals surface area (Å²) in [6, 6.07) is 31.9. The highest BCUT2D eigenvalue weighted by Gasteiger charge is 2.17. The largest absolute Gasteiger partial charge is 0.352 e. The molecule has 0 fully saturated rings. The van der Waals surface area contributed by atoms with Crippen LogP contribution in [0.5, 0.6) is 5.75 Å². The third-order valence-electron chi connectivity index (χ3n) is 6.29. The zero-order valence-electron chi connectivity index (χ0n) is 21.5. The Balaban J connectivity index is 1.34. The molecule has 0 atom stereocenters. The van der Waals surface area contributed by atoms with E-state index in [0.29, 0.717) is 24.3 Å². The van der Waals surface area contributed by atoms with Crippen LogP contribution < -0.4 is 10.2 Å². The Morgan fingerprint density at radius 2 is 1.55 bits per heavy atom. The lowest BCUT2D eigenvalue weighted by Crippen LogP contribution is -2.26. The van der Waals surface area contributed by atoms with Crippen LogP contribution in [0.3, 0.4) is 0 Å². The van der Waals surface area contributed by atoms with Gasteiger partial charge in [-0.2, -0.15) is 0 Å². The molecule has 6 heteroatoms. The van der Waals surface area contributed by atoms with E-state index in [4.69, 9.17) is 4.89 Å². The van der Waals surface area contributed by atoms with Crippen LogP contribution in [0.1, 0.15) is 58.4 Å². The lowest BCUT2D eigenvalue weighted by atomic mass is 9.86. The van der Waals surface area contributed by atoms with Crippen LogP contribution in [-0.4, -0.2) is 23.4 Å². The highest BCUT2D eigenvalue weighted by molar-refractivity contribution is 5.95. The lowest BCUT2D eigenvalue weighted by molar-refractivity contribution is -0.210. The predicted octanol–water partition coefficient (Wildman–Crippen LogP) is 6.07. The zero-order chi connectivity index (χ0) is 26.6. The van der Waals surface area contributed by atoms with Crippen LogP contribution in [0.2, 0.25) is 0 Å². The monoisotopic (exact) mass is 508 g/mol. The highest BCUT2D eigenvalue weighted by atomic mass is 17.2. The molecule has 1 aromatic heterocycles. The molecule has 0 spiro atoms. The van der Waals surface area contributed by atoms with E-state index in [0.717, 1.165) is 30.5 Å². The van der Waals surface area contributed by atoms with E-state index >= 15 is 0 Å². The number of rotatable bonds is 12. The first-order chi connectivity index (χ1) is 18.6. The standard InChI is InChI=1S/C32H32N2O4/c1-24(35)37-38-28-17-8-11-25(23-28)12-9-22-34-32(36)30-18-10-21-33-31(30)20-19-29(26-13-4-2-5-14-26)27-15-6-3-7-16-27/h2-8,10-11,13-18,21,23,29H,9,12,19-20,22H2,1H3,(H,34,36). The molecule has 4 aromatic rings. The molecule has 194 valence electrons. The van der Waals surface area contributed by atoms with Crippen LogP contribution in [-0.2, 0) is 22.5 Å². The summed E-state index contributed by atoms with van der Waals surface area (Å²) >= 11 is 0. The lowest BCUT2D eigenvalue weighted by Gasteiger charge is -2.19. The molecule has 0 saturated carbocycles. The molecule has 0 unspecified atom stereocenters. The van der Waals surface area contributed by atoms with Gasteiger partial charge in [0.05, 0.1) is 11.3 Å². The molecule has 0 radical (unpaired) electrons. The SMILES string of the molecule is CC(=O)OOc1cccc(CCCNC(=O)c2cccnc2CCC(c2ccccc2)c2ccccc2)c1. The van der Waals surface area contributed by atoms with Crippen molar-refractivity contribution in [1.82, 2.24) is 10.3 Å². The smallest absolute Gasteiger partial charge is 0.352 e. The van der Waals surface area contributed by atoms with Crippen LogP contribution in [0.25, 0.3) is 0 Å². The average Bonchev–Trinajstić information content (AvgIpc) is 2.96. The van der Waals surface area contributed by atoms with Crippen molar-refractivity contribution in [2.45, 2.75) is 38.5 Å². The van der Waals surface area contributed by atoms with Crippen molar-refractivity contribution in [3.05, 3.63) is 131 Å². The average molecular weight is 509 g/mol. The van der Waals surface area contributed by atoms with E-state index in [2.05, 4.69) is 63.7 Å². The quantitative estimate of drug-likeness (QED) is 0.143. The van der Waals surface area contributed by atoms with Crippen LogP contribution >= 0.6 is 0 Å². The van der Waals surface area contributed by atoms with E-state index < -0.39 is 5.97 Å². The van der Waals surface area contributed by atoms with E-state index in [-0.39, 0.29) is 11.8 Å². The summed E-state index contributed by atoms with van der Waals surface area (Å²) in [4.78, 5) is 38.1. The van der Waals surface area contributed by atoms with E-state index in [1.165, 1.54) is 18.1 Å². The maximum atomic E-state index is 13.0. The fourth-order valence-electron chi connectivity index (χ4n) is 4.47. The van der Waals surface area contributed by atoms with Crippen molar-refractivity contribution in [3.63, 3.8) is 0 Å². The van der Waals surface area contributed by atoms with Crippen molar-refractivity contribution in [3.8, 4) is 5.75 Å². The number of carbonyl (C=O) groups is 2. The summed E-state index contributed by atoms with van der Waals surface area (Å²) in [5.74, 6) is 0.0570. The van der Waals surface area contributed by atoms with Gasteiger partial charge in [-0.1, -0.05) is 72.8 Å². The number of aromatic nitrogens is 1. The van der Waals surface area contributed by atoms with E-state index in [9.17, 15) is 9.59 Å². The van der Waals surface area contributed by atoms with Gasteiger partial charge in [-0.25, -0.2) is 4.79 Å². The second-order valence-corrected chi connectivity index (χ2v) is 9.08. The van der Waals surface area contributed by atoms with Crippen molar-refractivity contribution < 1.29 is 19.4 Å². The molecule has 6 nitrogen and oxygen atoms in total. The minimum atomic E-state index is -0.511. The third-order valence-corrected chi connectivity index (χ3v) is 6.29. The summed E-state index contributed by atoms with van der Waals surface area (Å²) < 4.78 is 0. The number of pyridine rings is 1. The number of nitrogens with one attached hydrogen (secondary N) is 1. The Morgan fingerprint density at radius 3 is 2.24 bits per heavy atom. The summed E-state index contributed by atoms with van der Waals surface area (Å²) in [6.45, 7) is 1.81. The number of benzene rings is 3. The summed E-state index contributed by atoms with van der Waals surface area (Å²) in [5, 5.41) is 3.04. The first-order valence-electron chi connectivity index (χ1n) is 12.9. The first-order valence-corrected chi connectivity index (χ1v) is 12.9. The predicted molar refractivity (Wildman–Crippen MR) is 147 cm³/mol. The summed E-state index contributed by atoms with van der Waals surface area (Å²) in [6.07, 6.45) is 4.77. The van der Waals surface area contributed by atoms with Gasteiger partial charge in [0.25, 0.3) is 5.91 Å². The number of aryl methyl sites for hydroxylation is 2. The minimum absolute atomic E-state index is 0.115. The van der Waals surface area contributed by atoms with Gasteiger partial charge >= 0.3 is 5.97 Å². The van der Waals surface area contributed by atoms with Gasteiger partial charge in [0.15, 0.2) is 5.75 Å². The fraction of sp³-hybridized carbons (Fsp3) is 0.219. The molecule has 0 aliphatic rings. The Morgan fingerprint density at radius 1 is 0.842 bits per heavy atom. The zero-order valence-corrected chi connectivity index (χ0v) is 21.5. The maximum Gasteiger partial charge on any atom is 0.352 e. The van der Waals surface area contributed by atoms with Crippen molar-refractivity contribution in [1.29, 1.82) is 0 Å². The summed E-state index contributed by atoms with van der Waals surface area (Å²) in [5.41, 5.74) is 4.95. The Kier molecular flexibility index (Phi) is 9.63. The molecule has 0 saturated heterocycles. The van der Waals surface area contributed by atoms with Crippen molar-refractivity contribution in [2.75, 3.05) is 6.54 Å². The molecule has 3 aromatic carbocycles. The number of hydrogen-bond donors (Lipinski definition) is 1. The van der Waals surface area contributed by atoms with E-state index in [1.807, 2.05) is 36.4 Å². The van der Waals surface area contributed by atoms with Crippen molar-refractivity contribution in [2.24, 2.45) is 0 Å². The van der Waals surface area contributed by atoms with Gasteiger partial charge in [-0.3, -0.25) is 19.6 Å². The Labute approximate surface area is 223 Å². The van der Waals surface area contributed by atoms with Gasteiger partial charge < -0.3 is 5.32 Å². The molecule has 0 aliphatic carbocycles. The number of amides is 1. The second kappa shape index (κ2) is 13.7. The molecule has 1 heterocycles. The highest BCUT2D eigenvalue weighted by Crippen LogP contribution is 2.29. The fourth-order valence-corrected chi connectivity index (χ4v) is 4.47. The van der Waals surface area contributed by atoms with Crippen LogP contribution in [0.15, 0.2) is 103 Å². The number of carbonyl (C=O) groups excluding carboxylic acids is 2. The normalized spacial score (nSPS) is 10.7. The molecule has 0 bridgehead atoms. The van der Waals surface area contributed by atoms with Gasteiger partial charge in [-0.05, 0) is 66.6 Å². The molecule has 38 heavy (non-hydrogen) atoms. The number of nitrogens with zero attached hydrogens (tertiary/aromatic N) is 1. The molecule has 4 rings (SSSR count). The number of hydrogen-bond acceptors (Lipinski definition) is 5. The van der Waals surface area contributed by atoms with E-state index in [1.54, 1.807) is 18.3 Å². The molecular weight excluding hydrogens is 476 g/mol. The first kappa shape index (κ1) is 26.6. The molecule has 1 amide bonds. The van der Waals surface area contributed by atoms with Gasteiger partial charge in [-0.15, -0.1) is 0 Å². The van der Waals surface area contributed by atoms with Gasteiger partial charge in [0.2, 0.25) is 0 Å². The van der Waals surface area contributed by atoms with Crippen LogP contribution in [0.4, 0.5) is 0 Å². The van der Waals surface area contributed by atoms with Crippen molar-refractivity contribution >= 4 is 11.9 Å². The molecule has 1 N–H and O–H groups in total. The summed E-state index contributed by atoms with van der Waals surface area (Å²) in [7, 11) is 0. The Hall–Kier alpha value is -4.45. The molecular formula is C32H32N2O4. The topological polar surface area (TPSA) is 77.5 Å². The third kappa shape index (κ3) is 7.77. The van der Waals surface area contributed by atoms with Gasteiger partial charge in [0, 0.05) is 25.6 Å². The van der Waals surface area contributed by atoms with Crippen LogP contribution in [0, 0.1) is 0 Å². The maximum absolute atomic E-state index is 13.0. The van der Waals surface area contributed by atoms with Gasteiger partial charge in [0.1, 0.15) is 0 Å². The Bertz CT molecular complexity index is 1290. The second-order valence-electron chi connectivity index (χ2n) is 9.08. The molecule has 0 aliphatic heterocycles.